The third-order valence-electron chi connectivity index (χ3n) is 5.60. The molecule has 0 spiro atoms. The molecule has 12 nitrogen and oxygen atoms in total. The van der Waals surface area contributed by atoms with Crippen molar-refractivity contribution in [1.29, 1.82) is 0 Å². The van der Waals surface area contributed by atoms with Gasteiger partial charge in [-0.3, -0.25) is 14.3 Å². The van der Waals surface area contributed by atoms with Crippen molar-refractivity contribution < 1.29 is 22.6 Å². The number of halogens is 1. The number of para-hydroxylation sites is 1. The van der Waals surface area contributed by atoms with Crippen LogP contribution in [-0.4, -0.2) is 64.2 Å². The van der Waals surface area contributed by atoms with Crippen molar-refractivity contribution in [2.75, 3.05) is 25.5 Å². The van der Waals surface area contributed by atoms with Crippen molar-refractivity contribution in [2.45, 2.75) is 25.2 Å². The van der Waals surface area contributed by atoms with Crippen molar-refractivity contribution in [1.82, 2.24) is 29.7 Å². The van der Waals surface area contributed by atoms with Gasteiger partial charge in [-0.2, -0.15) is 0 Å². The fourth-order valence-corrected chi connectivity index (χ4v) is 4.94. The summed E-state index contributed by atoms with van der Waals surface area (Å²) in [5.74, 6) is 1.21. The molecule has 38 heavy (non-hydrogen) atoms. The lowest BCUT2D eigenvalue weighted by molar-refractivity contribution is 0.0558. The molecule has 14 heteroatoms. The standard InChI is InChI=1S/C24H26ClN7O5S/c1-5-37-21(22-27-13-17(25)14-28-22)15(2)38(33,34)31-24-30-29-23(16-8-7-11-26-12-16)32(24)20-18(35-3)9-6-10-19(20)36-4/h6-15,21H,5H2,1-4H3,(H,30,31)/t15?,21-/m0/s1. The first-order chi connectivity index (χ1) is 18.3. The molecule has 3 aromatic heterocycles. The van der Waals surface area contributed by atoms with Crippen molar-refractivity contribution in [2.24, 2.45) is 0 Å². The van der Waals surface area contributed by atoms with Crippen LogP contribution in [0.5, 0.6) is 11.5 Å². The molecule has 200 valence electrons. The Hall–Kier alpha value is -3.81. The van der Waals surface area contributed by atoms with Crippen molar-refractivity contribution in [3.63, 3.8) is 0 Å². The summed E-state index contributed by atoms with van der Waals surface area (Å²) in [6, 6.07) is 8.70. The fourth-order valence-electron chi connectivity index (χ4n) is 3.75. The Kier molecular flexibility index (Phi) is 8.39. The van der Waals surface area contributed by atoms with Gasteiger partial charge in [-0.25, -0.2) is 18.4 Å². The monoisotopic (exact) mass is 559 g/mol. The smallest absolute Gasteiger partial charge is 0.243 e. The molecule has 3 heterocycles. The van der Waals surface area contributed by atoms with Crippen LogP contribution < -0.4 is 14.2 Å². The summed E-state index contributed by atoms with van der Waals surface area (Å²) < 4.78 is 48.3. The third kappa shape index (κ3) is 5.54. The molecule has 0 radical (unpaired) electrons. The highest BCUT2D eigenvalue weighted by molar-refractivity contribution is 7.93. The van der Waals surface area contributed by atoms with Crippen LogP contribution in [-0.2, 0) is 14.8 Å². The number of hydrogen-bond acceptors (Lipinski definition) is 10. The second kappa shape index (κ2) is 11.7. The largest absolute Gasteiger partial charge is 0.494 e. The van der Waals surface area contributed by atoms with Crippen LogP contribution in [0.1, 0.15) is 25.8 Å². The zero-order valence-electron chi connectivity index (χ0n) is 21.1. The Morgan fingerprint density at radius 2 is 1.71 bits per heavy atom. The summed E-state index contributed by atoms with van der Waals surface area (Å²) in [6.07, 6.45) is 4.99. The Balaban J connectivity index is 1.83. The SMILES string of the molecule is CCO[C@H](c1ncc(Cl)cn1)C(C)S(=O)(=O)Nc1nnc(-c2cccnc2)n1-c1c(OC)cccc1OC. The summed E-state index contributed by atoms with van der Waals surface area (Å²) in [6.45, 7) is 3.48. The zero-order valence-corrected chi connectivity index (χ0v) is 22.6. The van der Waals surface area contributed by atoms with E-state index in [1.54, 1.807) is 49.6 Å². The quantitative estimate of drug-likeness (QED) is 0.289. The second-order valence-corrected chi connectivity index (χ2v) is 10.4. The van der Waals surface area contributed by atoms with Crippen molar-refractivity contribution >= 4 is 27.6 Å². The van der Waals surface area contributed by atoms with Crippen molar-refractivity contribution in [3.8, 4) is 28.6 Å². The molecule has 0 amide bonds. The average molecular weight is 560 g/mol. The Morgan fingerprint density at radius 1 is 1.03 bits per heavy atom. The van der Waals surface area contributed by atoms with Crippen LogP contribution in [0.2, 0.25) is 5.02 Å². The van der Waals surface area contributed by atoms with E-state index in [4.69, 9.17) is 25.8 Å². The highest BCUT2D eigenvalue weighted by Crippen LogP contribution is 2.38. The minimum atomic E-state index is -4.14. The predicted octanol–water partition coefficient (Wildman–Crippen LogP) is 3.70. The number of aromatic nitrogens is 6. The molecule has 1 unspecified atom stereocenters. The van der Waals surface area contributed by atoms with Crippen LogP contribution in [0.15, 0.2) is 55.1 Å². The number of sulfonamides is 1. The number of rotatable bonds is 11. The molecule has 4 rings (SSSR count). The highest BCUT2D eigenvalue weighted by Gasteiger charge is 2.35. The van der Waals surface area contributed by atoms with Crippen LogP contribution in [0, 0.1) is 0 Å². The van der Waals surface area contributed by atoms with Crippen molar-refractivity contribution in [3.05, 3.63) is 66.0 Å². The van der Waals surface area contributed by atoms with Gasteiger partial charge in [0, 0.05) is 37.0 Å². The van der Waals surface area contributed by atoms with Gasteiger partial charge in [0.05, 0.1) is 19.2 Å². The van der Waals surface area contributed by atoms with Crippen LogP contribution in [0.3, 0.4) is 0 Å². The van der Waals surface area contributed by atoms with Gasteiger partial charge in [0.2, 0.25) is 16.0 Å². The topological polar surface area (TPSA) is 143 Å². The molecule has 0 saturated carbocycles. The van der Waals surface area contributed by atoms with Gasteiger partial charge in [-0.15, -0.1) is 10.2 Å². The number of hydrogen-bond donors (Lipinski definition) is 1. The highest BCUT2D eigenvalue weighted by atomic mass is 35.5. The fraction of sp³-hybridized carbons (Fsp3) is 0.292. The first-order valence-corrected chi connectivity index (χ1v) is 13.4. The third-order valence-corrected chi connectivity index (χ3v) is 7.49. The van der Waals surface area contributed by atoms with Crippen LogP contribution >= 0.6 is 11.6 Å². The molecule has 1 N–H and O–H groups in total. The molecule has 0 fully saturated rings. The molecule has 0 bridgehead atoms. The number of pyridine rings is 1. The summed E-state index contributed by atoms with van der Waals surface area (Å²) in [4.78, 5) is 12.5. The molecular formula is C24H26ClN7O5S. The van der Waals surface area contributed by atoms with Crippen LogP contribution in [0.25, 0.3) is 17.1 Å². The lowest BCUT2D eigenvalue weighted by Gasteiger charge is -2.23. The molecular weight excluding hydrogens is 534 g/mol. The van der Waals surface area contributed by atoms with Gasteiger partial charge < -0.3 is 14.2 Å². The molecule has 0 aliphatic carbocycles. The lowest BCUT2D eigenvalue weighted by atomic mass is 10.2. The number of ether oxygens (including phenoxy) is 3. The van der Waals surface area contributed by atoms with Gasteiger partial charge in [0.25, 0.3) is 0 Å². The molecule has 4 aromatic rings. The summed E-state index contributed by atoms with van der Waals surface area (Å²) in [5, 5.41) is 7.63. The number of anilines is 1. The first kappa shape index (κ1) is 27.2. The first-order valence-electron chi connectivity index (χ1n) is 11.5. The van der Waals surface area contributed by atoms with E-state index in [9.17, 15) is 8.42 Å². The Morgan fingerprint density at radius 3 is 2.29 bits per heavy atom. The maximum absolute atomic E-state index is 13.7. The summed E-state index contributed by atoms with van der Waals surface area (Å²) in [5.41, 5.74) is 0.988. The predicted molar refractivity (Wildman–Crippen MR) is 141 cm³/mol. The number of benzene rings is 1. The average Bonchev–Trinajstić information content (AvgIpc) is 3.34. The van der Waals surface area contributed by atoms with Gasteiger partial charge in [0.1, 0.15) is 28.5 Å². The van der Waals surface area contributed by atoms with E-state index in [0.717, 1.165) is 0 Å². The lowest BCUT2D eigenvalue weighted by Crippen LogP contribution is -2.34. The number of nitrogens with one attached hydrogen (secondary N) is 1. The van der Waals surface area contributed by atoms with E-state index in [1.165, 1.54) is 38.1 Å². The second-order valence-electron chi connectivity index (χ2n) is 7.92. The molecule has 0 saturated heterocycles. The normalized spacial score (nSPS) is 13.1. The number of nitrogens with zero attached hydrogens (tertiary/aromatic N) is 6. The Labute approximate surface area is 225 Å². The molecule has 0 aliphatic heterocycles. The van der Waals surface area contributed by atoms with Gasteiger partial charge in [-0.1, -0.05) is 17.7 Å². The van der Waals surface area contributed by atoms with Gasteiger partial charge in [-0.05, 0) is 38.1 Å². The maximum atomic E-state index is 13.7. The molecule has 1 aromatic carbocycles. The summed E-state index contributed by atoms with van der Waals surface area (Å²) >= 11 is 5.91. The minimum Gasteiger partial charge on any atom is -0.494 e. The van der Waals surface area contributed by atoms with E-state index in [2.05, 4.69) is 29.9 Å². The zero-order chi connectivity index (χ0) is 27.3. The number of methoxy groups -OCH3 is 2. The Bertz CT molecular complexity index is 1460. The van der Waals surface area contributed by atoms with E-state index in [1.807, 2.05) is 0 Å². The van der Waals surface area contributed by atoms with E-state index in [0.29, 0.717) is 33.6 Å². The molecule has 2 atom stereocenters. The minimum absolute atomic E-state index is 0.0919. The van der Waals surface area contributed by atoms with Gasteiger partial charge in [0.15, 0.2) is 11.6 Å². The summed E-state index contributed by atoms with van der Waals surface area (Å²) in [7, 11) is -1.15. The van der Waals surface area contributed by atoms with Crippen LogP contribution in [0.4, 0.5) is 5.95 Å². The van der Waals surface area contributed by atoms with E-state index < -0.39 is 21.4 Å². The molecule has 0 aliphatic rings. The van der Waals surface area contributed by atoms with E-state index in [-0.39, 0.29) is 18.4 Å². The van der Waals surface area contributed by atoms with Gasteiger partial charge >= 0.3 is 0 Å². The van der Waals surface area contributed by atoms with E-state index >= 15 is 0 Å². The maximum Gasteiger partial charge on any atom is 0.243 e.